The molecule has 3 aliphatic rings. The second-order valence-corrected chi connectivity index (χ2v) is 10.5. The molecule has 0 aliphatic carbocycles. The molecule has 3 heterocycles. The van der Waals surface area contributed by atoms with E-state index in [4.69, 9.17) is 14.2 Å². The average molecular weight is 532 g/mol. The third kappa shape index (κ3) is 6.00. The monoisotopic (exact) mass is 531 g/mol. The Labute approximate surface area is 224 Å². The van der Waals surface area contributed by atoms with Gasteiger partial charge >= 0.3 is 5.97 Å². The van der Waals surface area contributed by atoms with Crippen molar-refractivity contribution in [1.82, 2.24) is 14.7 Å². The first-order valence-corrected chi connectivity index (χ1v) is 13.9. The van der Waals surface area contributed by atoms with Crippen LogP contribution in [0.25, 0.3) is 0 Å². The second-order valence-electron chi connectivity index (χ2n) is 10.5. The summed E-state index contributed by atoms with van der Waals surface area (Å²) < 4.78 is 16.7. The molecule has 1 aromatic rings. The Balaban J connectivity index is 1.64. The van der Waals surface area contributed by atoms with Crippen LogP contribution in [0, 0.1) is 5.92 Å². The van der Waals surface area contributed by atoms with Crippen molar-refractivity contribution in [3.8, 4) is 17.2 Å². The van der Waals surface area contributed by atoms with Crippen molar-refractivity contribution >= 4 is 17.8 Å². The predicted octanol–water partition coefficient (Wildman–Crippen LogP) is 2.94. The number of methoxy groups -OCH3 is 1. The lowest BCUT2D eigenvalue weighted by molar-refractivity contribution is -0.144. The van der Waals surface area contributed by atoms with Crippen LogP contribution >= 0.6 is 0 Å². The highest BCUT2D eigenvalue weighted by atomic mass is 16.7. The molecule has 1 aromatic carbocycles. The number of carbonyl (C=O) groups excluding carboxylic acids is 2. The van der Waals surface area contributed by atoms with Gasteiger partial charge in [0.05, 0.1) is 19.6 Å². The molecule has 0 spiro atoms. The zero-order valence-electron chi connectivity index (χ0n) is 22.8. The van der Waals surface area contributed by atoms with Gasteiger partial charge in [-0.15, -0.1) is 0 Å². The number of fused-ring (bicyclic) bond motifs is 1. The second kappa shape index (κ2) is 12.7. The molecule has 3 atom stereocenters. The van der Waals surface area contributed by atoms with E-state index >= 15 is 0 Å². The van der Waals surface area contributed by atoms with Crippen molar-refractivity contribution in [1.29, 1.82) is 0 Å². The third-order valence-corrected chi connectivity index (χ3v) is 7.98. The molecule has 0 unspecified atom stereocenters. The van der Waals surface area contributed by atoms with Gasteiger partial charge in [0.1, 0.15) is 0 Å². The fourth-order valence-electron chi connectivity index (χ4n) is 5.88. The number of carboxylic acid groups (broad SMARTS) is 1. The quantitative estimate of drug-likeness (QED) is 0.414. The van der Waals surface area contributed by atoms with E-state index < -0.39 is 23.8 Å². The number of rotatable bonds is 13. The van der Waals surface area contributed by atoms with E-state index in [0.29, 0.717) is 56.4 Å². The normalized spacial score (nSPS) is 22.8. The van der Waals surface area contributed by atoms with Crippen LogP contribution in [-0.2, 0) is 14.4 Å². The number of benzene rings is 1. The first kappa shape index (κ1) is 28.0. The Kier molecular flexibility index (Phi) is 9.35. The fourth-order valence-corrected chi connectivity index (χ4v) is 5.88. The van der Waals surface area contributed by atoms with E-state index in [9.17, 15) is 19.5 Å². The van der Waals surface area contributed by atoms with Gasteiger partial charge in [-0.3, -0.25) is 19.3 Å². The number of amides is 2. The van der Waals surface area contributed by atoms with Gasteiger partial charge in [-0.25, -0.2) is 0 Å². The minimum atomic E-state index is -0.938. The molecular weight excluding hydrogens is 490 g/mol. The number of aliphatic carboxylic acids is 1. The molecule has 0 aromatic heterocycles. The molecule has 2 amide bonds. The molecule has 2 fully saturated rings. The van der Waals surface area contributed by atoms with Crippen LogP contribution in [0.4, 0.5) is 0 Å². The maximum atomic E-state index is 13.5. The number of ether oxygens (including phenoxy) is 3. The largest absolute Gasteiger partial charge is 0.493 e. The summed E-state index contributed by atoms with van der Waals surface area (Å²) in [5.74, 6) is -0.576. The molecule has 0 bridgehead atoms. The molecule has 10 nitrogen and oxygen atoms in total. The van der Waals surface area contributed by atoms with Crippen LogP contribution in [0.2, 0.25) is 0 Å². The Hall–Kier alpha value is -3.01. The minimum absolute atomic E-state index is 0.0118. The van der Waals surface area contributed by atoms with Crippen LogP contribution in [0.3, 0.4) is 0 Å². The van der Waals surface area contributed by atoms with Crippen molar-refractivity contribution in [2.45, 2.75) is 64.3 Å². The van der Waals surface area contributed by atoms with Crippen LogP contribution in [0.5, 0.6) is 17.2 Å². The lowest BCUT2D eigenvalue weighted by atomic mass is 9.84. The topological polar surface area (TPSA) is 109 Å². The Morgan fingerprint density at radius 2 is 1.89 bits per heavy atom. The summed E-state index contributed by atoms with van der Waals surface area (Å²) in [5, 5.41) is 10.5. The van der Waals surface area contributed by atoms with Gasteiger partial charge < -0.3 is 29.1 Å². The van der Waals surface area contributed by atoms with Gasteiger partial charge in [0.25, 0.3) is 0 Å². The molecule has 210 valence electrons. The number of carboxylic acids is 1. The van der Waals surface area contributed by atoms with E-state index in [1.165, 1.54) is 0 Å². The minimum Gasteiger partial charge on any atom is -0.493 e. The first-order chi connectivity index (χ1) is 18.4. The average Bonchev–Trinajstić information content (AvgIpc) is 3.63. The third-order valence-electron chi connectivity index (χ3n) is 7.98. The van der Waals surface area contributed by atoms with Gasteiger partial charge in [-0.1, -0.05) is 26.7 Å². The van der Waals surface area contributed by atoms with Crippen molar-refractivity contribution < 1.29 is 33.7 Å². The number of likely N-dealkylation sites (tertiary alicyclic amines) is 2. The van der Waals surface area contributed by atoms with Gasteiger partial charge in [0.2, 0.25) is 24.4 Å². The lowest BCUT2D eigenvalue weighted by Crippen LogP contribution is -2.49. The molecule has 4 rings (SSSR count). The summed E-state index contributed by atoms with van der Waals surface area (Å²) in [6.45, 7) is 7.11. The molecule has 2 saturated heterocycles. The van der Waals surface area contributed by atoms with Crippen LogP contribution in [0.1, 0.15) is 63.9 Å². The van der Waals surface area contributed by atoms with E-state index in [2.05, 4.69) is 13.8 Å². The zero-order valence-corrected chi connectivity index (χ0v) is 22.8. The highest BCUT2D eigenvalue weighted by Crippen LogP contribution is 2.47. The zero-order chi connectivity index (χ0) is 27.2. The molecule has 10 heteroatoms. The Bertz CT molecular complexity index is 1010. The summed E-state index contributed by atoms with van der Waals surface area (Å²) in [6.07, 6.45) is 5.10. The van der Waals surface area contributed by atoms with E-state index in [0.717, 1.165) is 37.7 Å². The maximum absolute atomic E-state index is 13.5. The molecule has 38 heavy (non-hydrogen) atoms. The molecule has 1 N–H and O–H groups in total. The first-order valence-electron chi connectivity index (χ1n) is 13.9. The maximum Gasteiger partial charge on any atom is 0.308 e. The molecular formula is C28H41N3O7. The van der Waals surface area contributed by atoms with Gasteiger partial charge in [-0.2, -0.15) is 0 Å². The van der Waals surface area contributed by atoms with Crippen molar-refractivity contribution in [2.24, 2.45) is 5.92 Å². The summed E-state index contributed by atoms with van der Waals surface area (Å²) >= 11 is 0. The van der Waals surface area contributed by atoms with E-state index in [-0.39, 0.29) is 25.2 Å². The van der Waals surface area contributed by atoms with Gasteiger partial charge in [0.15, 0.2) is 11.5 Å². The van der Waals surface area contributed by atoms with Crippen molar-refractivity contribution in [3.63, 3.8) is 0 Å². The predicted molar refractivity (Wildman–Crippen MR) is 141 cm³/mol. The van der Waals surface area contributed by atoms with Crippen LogP contribution < -0.4 is 14.2 Å². The van der Waals surface area contributed by atoms with Crippen molar-refractivity contribution in [3.05, 3.63) is 17.7 Å². The van der Waals surface area contributed by atoms with Crippen LogP contribution in [0.15, 0.2) is 12.1 Å². The highest BCUT2D eigenvalue weighted by Gasteiger charge is 2.49. The fraction of sp³-hybridized carbons (Fsp3) is 0.679. The molecule has 3 aliphatic heterocycles. The lowest BCUT2D eigenvalue weighted by Gasteiger charge is -2.32. The van der Waals surface area contributed by atoms with E-state index in [1.807, 2.05) is 21.9 Å². The Morgan fingerprint density at radius 1 is 1.16 bits per heavy atom. The highest BCUT2D eigenvalue weighted by molar-refractivity contribution is 5.80. The number of hydrogen-bond acceptors (Lipinski definition) is 7. The summed E-state index contributed by atoms with van der Waals surface area (Å²) in [4.78, 5) is 44.5. The number of carbonyl (C=O) groups is 3. The number of nitrogens with zero attached hydrogens (tertiary/aromatic N) is 3. The van der Waals surface area contributed by atoms with E-state index in [1.54, 1.807) is 12.0 Å². The standard InChI is InChI=1S/C28H41N3O7/c1-4-6-10-29(11-7-5-2)25(33)17-31-15-20(19-13-22(36-3)27-23(14-19)37-18-38-27)26(28(34)35)21(31)16-30-12-8-9-24(30)32/h13-14,20-21,26H,4-12,15-18H2,1-3H3,(H,34,35)/t20-,21+,26-/m1/s1. The number of unbranched alkanes of at least 4 members (excludes halogenated alkanes) is 2. The molecule has 0 radical (unpaired) electrons. The van der Waals surface area contributed by atoms with Crippen LogP contribution in [-0.4, -0.2) is 96.8 Å². The van der Waals surface area contributed by atoms with Gasteiger partial charge in [-0.05, 0) is 37.0 Å². The SMILES string of the molecule is CCCCN(CCCC)C(=O)CN1C[C@H](c2cc(OC)c3c(c2)OCO3)[C@@H](C(=O)O)[C@@H]1CN1CCCC1=O. The summed E-state index contributed by atoms with van der Waals surface area (Å²) in [7, 11) is 1.54. The summed E-state index contributed by atoms with van der Waals surface area (Å²) in [5.41, 5.74) is 0.764. The Morgan fingerprint density at radius 3 is 2.50 bits per heavy atom. The number of hydrogen-bond donors (Lipinski definition) is 1. The smallest absolute Gasteiger partial charge is 0.308 e. The van der Waals surface area contributed by atoms with Crippen molar-refractivity contribution in [2.75, 3.05) is 53.2 Å². The summed E-state index contributed by atoms with van der Waals surface area (Å²) in [6, 6.07) is 3.15. The van der Waals surface area contributed by atoms with Gasteiger partial charge in [0, 0.05) is 51.1 Å². The molecule has 0 saturated carbocycles.